The summed E-state index contributed by atoms with van der Waals surface area (Å²) in [6.45, 7) is 6.34. The van der Waals surface area contributed by atoms with Crippen LogP contribution in [-0.2, 0) is 0 Å². The summed E-state index contributed by atoms with van der Waals surface area (Å²) in [7, 11) is 0. The molecule has 0 aromatic carbocycles. The molecule has 1 N–H and O–H groups in total. The lowest BCUT2D eigenvalue weighted by Crippen LogP contribution is -2.35. The molecule has 2 unspecified atom stereocenters. The Labute approximate surface area is 74.3 Å². The maximum absolute atomic E-state index is 5.23. The van der Waals surface area contributed by atoms with E-state index in [4.69, 9.17) is 6.42 Å². The van der Waals surface area contributed by atoms with E-state index in [2.05, 4.69) is 25.1 Å². The second-order valence-electron chi connectivity index (χ2n) is 2.62. The van der Waals surface area contributed by atoms with Crippen LogP contribution in [-0.4, -0.2) is 23.6 Å². The molecule has 0 aromatic heterocycles. The lowest BCUT2D eigenvalue weighted by Gasteiger charge is -2.14. The van der Waals surface area contributed by atoms with Crippen LogP contribution in [0.5, 0.6) is 0 Å². The molecule has 64 valence electrons. The molecule has 1 nitrogen and oxygen atoms in total. The molecule has 0 aliphatic heterocycles. The minimum atomic E-state index is 0.197. The Hall–Kier alpha value is -0.130. The first-order chi connectivity index (χ1) is 5.20. The highest BCUT2D eigenvalue weighted by Gasteiger charge is 2.02. The molecular formula is C9H17NS. The van der Waals surface area contributed by atoms with Gasteiger partial charge >= 0.3 is 0 Å². The Balaban J connectivity index is 3.37. The fraction of sp³-hybridized carbons (Fsp3) is 0.778. The summed E-state index contributed by atoms with van der Waals surface area (Å²) in [6.07, 6.45) is 5.23. The Morgan fingerprint density at radius 2 is 2.18 bits per heavy atom. The van der Waals surface area contributed by atoms with E-state index in [1.54, 1.807) is 0 Å². The minimum Gasteiger partial charge on any atom is -0.301 e. The summed E-state index contributed by atoms with van der Waals surface area (Å²) in [6, 6.07) is 0.716. The zero-order valence-corrected chi connectivity index (χ0v) is 8.37. The number of rotatable bonds is 5. The highest BCUT2D eigenvalue weighted by molar-refractivity contribution is 7.99. The first-order valence-corrected chi connectivity index (χ1v) is 5.16. The van der Waals surface area contributed by atoms with Gasteiger partial charge in [-0.3, -0.25) is 0 Å². The summed E-state index contributed by atoms with van der Waals surface area (Å²) in [5.74, 6) is 4.97. The third-order valence-electron chi connectivity index (χ3n) is 1.36. The fourth-order valence-corrected chi connectivity index (χ4v) is 1.50. The molecule has 2 heteroatoms. The average Bonchev–Trinajstić information content (AvgIpc) is 2.00. The summed E-state index contributed by atoms with van der Waals surface area (Å²) in [4.78, 5) is 0. The molecule has 0 aliphatic rings. The van der Waals surface area contributed by atoms with Crippen LogP contribution in [0.1, 0.15) is 20.8 Å². The zero-order valence-electron chi connectivity index (χ0n) is 7.55. The summed E-state index contributed by atoms with van der Waals surface area (Å²) in [5, 5.41) is 3.31. The summed E-state index contributed by atoms with van der Waals surface area (Å²) < 4.78 is 0. The van der Waals surface area contributed by atoms with Crippen LogP contribution in [0.15, 0.2) is 0 Å². The van der Waals surface area contributed by atoms with Crippen LogP contribution in [0.2, 0.25) is 0 Å². The van der Waals surface area contributed by atoms with Gasteiger partial charge in [-0.25, -0.2) is 0 Å². The Kier molecular flexibility index (Phi) is 6.49. The molecule has 0 aromatic rings. The van der Waals surface area contributed by atoms with Crippen LogP contribution in [0.3, 0.4) is 0 Å². The summed E-state index contributed by atoms with van der Waals surface area (Å²) in [5.41, 5.74) is 0. The van der Waals surface area contributed by atoms with Crippen molar-refractivity contribution in [3.63, 3.8) is 0 Å². The van der Waals surface area contributed by atoms with Crippen molar-refractivity contribution in [3.8, 4) is 12.3 Å². The van der Waals surface area contributed by atoms with E-state index in [0.29, 0.717) is 6.04 Å². The molecule has 0 radical (unpaired) electrons. The van der Waals surface area contributed by atoms with Gasteiger partial charge in [-0.15, -0.1) is 6.42 Å². The quantitative estimate of drug-likeness (QED) is 0.632. The van der Waals surface area contributed by atoms with Gasteiger partial charge in [0.25, 0.3) is 0 Å². The first kappa shape index (κ1) is 10.9. The zero-order chi connectivity index (χ0) is 8.69. The molecule has 0 aliphatic carbocycles. The van der Waals surface area contributed by atoms with E-state index in [1.807, 2.05) is 18.7 Å². The normalized spacial score (nSPS) is 15.5. The molecule has 0 saturated carbocycles. The standard InChI is InChI=1S/C9H17NS/c1-5-8(3)10-9(4)7-11-6-2/h1,8-10H,6-7H2,2-4H3. The average molecular weight is 171 g/mol. The lowest BCUT2D eigenvalue weighted by atomic mass is 10.3. The third-order valence-corrected chi connectivity index (χ3v) is 2.50. The van der Waals surface area contributed by atoms with E-state index in [1.165, 1.54) is 5.75 Å². The van der Waals surface area contributed by atoms with Crippen molar-refractivity contribution in [2.75, 3.05) is 11.5 Å². The van der Waals surface area contributed by atoms with Crippen molar-refractivity contribution in [2.24, 2.45) is 0 Å². The van der Waals surface area contributed by atoms with E-state index in [0.717, 1.165) is 5.75 Å². The SMILES string of the molecule is C#CC(C)NC(C)CSCC. The second kappa shape index (κ2) is 6.57. The number of terminal acetylenes is 1. The van der Waals surface area contributed by atoms with Crippen molar-refractivity contribution in [2.45, 2.75) is 32.9 Å². The topological polar surface area (TPSA) is 12.0 Å². The Morgan fingerprint density at radius 3 is 2.64 bits per heavy atom. The van der Waals surface area contributed by atoms with Crippen molar-refractivity contribution in [1.82, 2.24) is 5.32 Å². The Morgan fingerprint density at radius 1 is 1.55 bits per heavy atom. The smallest absolute Gasteiger partial charge is 0.0660 e. The van der Waals surface area contributed by atoms with Crippen molar-refractivity contribution in [1.29, 1.82) is 0 Å². The van der Waals surface area contributed by atoms with Gasteiger partial charge in [0, 0.05) is 11.8 Å². The van der Waals surface area contributed by atoms with Crippen molar-refractivity contribution in [3.05, 3.63) is 0 Å². The minimum absolute atomic E-state index is 0.197. The largest absolute Gasteiger partial charge is 0.301 e. The second-order valence-corrected chi connectivity index (χ2v) is 3.93. The van der Waals surface area contributed by atoms with Gasteiger partial charge in [-0.1, -0.05) is 12.8 Å². The predicted octanol–water partition coefficient (Wildman–Crippen LogP) is 1.74. The van der Waals surface area contributed by atoms with Crippen LogP contribution in [0.25, 0.3) is 0 Å². The number of thioether (sulfide) groups is 1. The van der Waals surface area contributed by atoms with E-state index in [9.17, 15) is 0 Å². The maximum atomic E-state index is 5.23. The van der Waals surface area contributed by atoms with Crippen LogP contribution >= 0.6 is 11.8 Å². The molecule has 0 bridgehead atoms. The number of hydrogen-bond acceptors (Lipinski definition) is 2. The molecule has 0 heterocycles. The number of nitrogens with one attached hydrogen (secondary N) is 1. The molecule has 11 heavy (non-hydrogen) atoms. The molecule has 0 amide bonds. The maximum Gasteiger partial charge on any atom is 0.0660 e. The van der Waals surface area contributed by atoms with Gasteiger partial charge in [0.15, 0.2) is 0 Å². The van der Waals surface area contributed by atoms with Gasteiger partial charge in [-0.2, -0.15) is 11.8 Å². The molecule has 0 saturated heterocycles. The van der Waals surface area contributed by atoms with Gasteiger partial charge in [-0.05, 0) is 19.6 Å². The predicted molar refractivity (Wildman–Crippen MR) is 53.9 cm³/mol. The fourth-order valence-electron chi connectivity index (χ4n) is 0.818. The summed E-state index contributed by atoms with van der Waals surface area (Å²) >= 11 is 1.94. The van der Waals surface area contributed by atoms with E-state index < -0.39 is 0 Å². The molecule has 0 rings (SSSR count). The van der Waals surface area contributed by atoms with Crippen LogP contribution < -0.4 is 5.32 Å². The first-order valence-electron chi connectivity index (χ1n) is 4.00. The van der Waals surface area contributed by atoms with Crippen molar-refractivity contribution < 1.29 is 0 Å². The van der Waals surface area contributed by atoms with Gasteiger partial charge in [0.1, 0.15) is 0 Å². The van der Waals surface area contributed by atoms with Crippen LogP contribution in [0.4, 0.5) is 0 Å². The highest BCUT2D eigenvalue weighted by Crippen LogP contribution is 2.01. The monoisotopic (exact) mass is 171 g/mol. The molecule has 0 fully saturated rings. The van der Waals surface area contributed by atoms with Crippen LogP contribution in [0, 0.1) is 12.3 Å². The lowest BCUT2D eigenvalue weighted by molar-refractivity contribution is 0.566. The molecular weight excluding hydrogens is 154 g/mol. The molecule has 0 spiro atoms. The van der Waals surface area contributed by atoms with Crippen molar-refractivity contribution >= 4 is 11.8 Å². The van der Waals surface area contributed by atoms with E-state index in [-0.39, 0.29) is 6.04 Å². The Bertz CT molecular complexity index is 128. The highest BCUT2D eigenvalue weighted by atomic mass is 32.2. The van der Waals surface area contributed by atoms with Gasteiger partial charge < -0.3 is 5.32 Å². The third kappa shape index (κ3) is 6.28. The number of hydrogen-bond donors (Lipinski definition) is 1. The molecule has 2 atom stereocenters. The van der Waals surface area contributed by atoms with Gasteiger partial charge in [0.2, 0.25) is 0 Å². The van der Waals surface area contributed by atoms with Gasteiger partial charge in [0.05, 0.1) is 6.04 Å². The van der Waals surface area contributed by atoms with E-state index >= 15 is 0 Å².